The second-order valence-electron chi connectivity index (χ2n) is 7.50. The summed E-state index contributed by atoms with van der Waals surface area (Å²) in [6.07, 6.45) is 7.85. The summed E-state index contributed by atoms with van der Waals surface area (Å²) in [5.41, 5.74) is 3.74. The number of anilines is 3. The molecule has 0 atom stereocenters. The van der Waals surface area contributed by atoms with Crippen molar-refractivity contribution in [2.24, 2.45) is 0 Å². The van der Waals surface area contributed by atoms with Crippen LogP contribution in [0.1, 0.15) is 38.1 Å². The van der Waals surface area contributed by atoms with Crippen LogP contribution in [-0.2, 0) is 4.74 Å². The number of hydrogen-bond donors (Lipinski definition) is 1. The molecule has 0 unspecified atom stereocenters. The van der Waals surface area contributed by atoms with Gasteiger partial charge in [0, 0.05) is 24.5 Å². The molecule has 0 amide bonds. The highest BCUT2D eigenvalue weighted by Gasteiger charge is 2.20. The molecule has 2 aliphatic rings. The molecule has 5 rings (SSSR count). The van der Waals surface area contributed by atoms with Gasteiger partial charge >= 0.3 is 0 Å². The Kier molecular flexibility index (Phi) is 4.78. The van der Waals surface area contributed by atoms with E-state index >= 15 is 0 Å². The SMILES string of the molecule is c1cc(N2CCOCC2)ccc1Nc1ncc2nnn(C3CCCCC3)c2n1. The van der Waals surface area contributed by atoms with Crippen molar-refractivity contribution in [2.45, 2.75) is 38.1 Å². The van der Waals surface area contributed by atoms with Gasteiger partial charge in [0.15, 0.2) is 11.2 Å². The summed E-state index contributed by atoms with van der Waals surface area (Å²) in [6.45, 7) is 3.45. The molecule has 0 spiro atoms. The number of aromatic nitrogens is 5. The molecule has 8 nitrogen and oxygen atoms in total. The van der Waals surface area contributed by atoms with Gasteiger partial charge in [-0.25, -0.2) is 9.67 Å². The third-order valence-corrected chi connectivity index (χ3v) is 5.64. The summed E-state index contributed by atoms with van der Waals surface area (Å²) in [5.74, 6) is 0.575. The molecule has 2 aromatic heterocycles. The molecule has 8 heteroatoms. The summed E-state index contributed by atoms with van der Waals surface area (Å²) >= 11 is 0. The van der Waals surface area contributed by atoms with Gasteiger partial charge in [0.1, 0.15) is 0 Å². The Morgan fingerprint density at radius 1 is 1.00 bits per heavy atom. The molecule has 146 valence electrons. The molecular formula is C20H25N7O. The number of ether oxygens (including phenoxy) is 1. The van der Waals surface area contributed by atoms with Crippen molar-refractivity contribution in [3.8, 4) is 0 Å². The molecule has 2 fully saturated rings. The van der Waals surface area contributed by atoms with Crippen LogP contribution in [0, 0.1) is 0 Å². The van der Waals surface area contributed by atoms with Gasteiger partial charge < -0.3 is 15.0 Å². The number of fused-ring (bicyclic) bond motifs is 1. The molecule has 1 N–H and O–H groups in total. The number of hydrogen-bond acceptors (Lipinski definition) is 7. The van der Waals surface area contributed by atoms with Gasteiger partial charge in [-0.2, -0.15) is 4.98 Å². The van der Waals surface area contributed by atoms with E-state index in [4.69, 9.17) is 9.72 Å². The van der Waals surface area contributed by atoms with Crippen molar-refractivity contribution in [3.05, 3.63) is 30.5 Å². The van der Waals surface area contributed by atoms with Gasteiger partial charge in [-0.3, -0.25) is 0 Å². The van der Waals surface area contributed by atoms with E-state index in [0.29, 0.717) is 12.0 Å². The van der Waals surface area contributed by atoms with Crippen molar-refractivity contribution < 1.29 is 4.74 Å². The first-order valence-corrected chi connectivity index (χ1v) is 10.1. The molecule has 1 aliphatic carbocycles. The molecule has 3 aromatic rings. The number of benzene rings is 1. The van der Waals surface area contributed by atoms with Crippen LogP contribution >= 0.6 is 0 Å². The minimum Gasteiger partial charge on any atom is -0.378 e. The fourth-order valence-electron chi connectivity index (χ4n) is 4.08. The lowest BCUT2D eigenvalue weighted by Gasteiger charge is -2.28. The summed E-state index contributed by atoms with van der Waals surface area (Å²) in [6, 6.07) is 8.78. The van der Waals surface area contributed by atoms with Gasteiger partial charge in [-0.15, -0.1) is 5.10 Å². The minimum absolute atomic E-state index is 0.398. The summed E-state index contributed by atoms with van der Waals surface area (Å²) in [4.78, 5) is 11.5. The van der Waals surface area contributed by atoms with E-state index in [2.05, 4.69) is 49.8 Å². The average Bonchev–Trinajstić information content (AvgIpc) is 3.19. The molecule has 1 aliphatic heterocycles. The fraction of sp³-hybridized carbons (Fsp3) is 0.500. The molecule has 28 heavy (non-hydrogen) atoms. The molecule has 1 aromatic carbocycles. The second-order valence-corrected chi connectivity index (χ2v) is 7.50. The fourth-order valence-corrected chi connectivity index (χ4v) is 4.08. The van der Waals surface area contributed by atoms with E-state index < -0.39 is 0 Å². The maximum absolute atomic E-state index is 5.42. The summed E-state index contributed by atoms with van der Waals surface area (Å²) in [5, 5.41) is 11.9. The molecule has 0 bridgehead atoms. The Labute approximate surface area is 163 Å². The zero-order chi connectivity index (χ0) is 18.8. The van der Waals surface area contributed by atoms with E-state index in [9.17, 15) is 0 Å². The second kappa shape index (κ2) is 7.71. The zero-order valence-electron chi connectivity index (χ0n) is 15.9. The van der Waals surface area contributed by atoms with Gasteiger partial charge in [-0.1, -0.05) is 24.5 Å². The van der Waals surface area contributed by atoms with Gasteiger partial charge in [0.25, 0.3) is 0 Å². The first kappa shape index (κ1) is 17.4. The van der Waals surface area contributed by atoms with Crippen LogP contribution in [-0.4, -0.2) is 51.3 Å². The Bertz CT molecular complexity index is 927. The van der Waals surface area contributed by atoms with E-state index in [1.54, 1.807) is 6.20 Å². The quantitative estimate of drug-likeness (QED) is 0.745. The lowest BCUT2D eigenvalue weighted by molar-refractivity contribution is 0.122. The molecular weight excluding hydrogens is 354 g/mol. The predicted octanol–water partition coefficient (Wildman–Crippen LogP) is 3.31. The molecule has 1 saturated heterocycles. The first-order valence-electron chi connectivity index (χ1n) is 10.1. The van der Waals surface area contributed by atoms with Crippen LogP contribution in [0.4, 0.5) is 17.3 Å². The number of nitrogens with zero attached hydrogens (tertiary/aromatic N) is 6. The van der Waals surface area contributed by atoms with E-state index in [0.717, 1.165) is 56.0 Å². The topological polar surface area (TPSA) is 81.0 Å². The highest BCUT2D eigenvalue weighted by atomic mass is 16.5. The lowest BCUT2D eigenvalue weighted by Crippen LogP contribution is -2.36. The largest absolute Gasteiger partial charge is 0.378 e. The highest BCUT2D eigenvalue weighted by Crippen LogP contribution is 2.29. The van der Waals surface area contributed by atoms with Crippen LogP contribution in [0.3, 0.4) is 0 Å². The van der Waals surface area contributed by atoms with Crippen LogP contribution in [0.15, 0.2) is 30.5 Å². The van der Waals surface area contributed by atoms with Crippen LogP contribution in [0.5, 0.6) is 0 Å². The van der Waals surface area contributed by atoms with Gasteiger partial charge in [-0.05, 0) is 37.1 Å². The maximum Gasteiger partial charge on any atom is 0.229 e. The Morgan fingerprint density at radius 2 is 1.79 bits per heavy atom. The van der Waals surface area contributed by atoms with E-state index in [1.165, 1.54) is 24.9 Å². The summed E-state index contributed by atoms with van der Waals surface area (Å²) in [7, 11) is 0. The van der Waals surface area contributed by atoms with Crippen molar-refractivity contribution in [2.75, 3.05) is 36.5 Å². The Morgan fingerprint density at radius 3 is 2.57 bits per heavy atom. The number of nitrogens with one attached hydrogen (secondary N) is 1. The molecule has 3 heterocycles. The van der Waals surface area contributed by atoms with Crippen molar-refractivity contribution in [1.29, 1.82) is 0 Å². The van der Waals surface area contributed by atoms with E-state index in [-0.39, 0.29) is 0 Å². The Hall–Kier alpha value is -2.74. The number of morpholine rings is 1. The third-order valence-electron chi connectivity index (χ3n) is 5.64. The normalized spacial score (nSPS) is 18.5. The monoisotopic (exact) mass is 379 g/mol. The Balaban J connectivity index is 1.34. The van der Waals surface area contributed by atoms with Crippen molar-refractivity contribution in [1.82, 2.24) is 25.0 Å². The van der Waals surface area contributed by atoms with E-state index in [1.807, 2.05) is 4.68 Å². The predicted molar refractivity (Wildman–Crippen MR) is 108 cm³/mol. The van der Waals surface area contributed by atoms with Crippen LogP contribution in [0.25, 0.3) is 11.2 Å². The third kappa shape index (κ3) is 3.52. The summed E-state index contributed by atoms with van der Waals surface area (Å²) < 4.78 is 7.41. The van der Waals surface area contributed by atoms with Gasteiger partial charge in [0.2, 0.25) is 5.95 Å². The maximum atomic E-state index is 5.42. The zero-order valence-corrected chi connectivity index (χ0v) is 15.9. The van der Waals surface area contributed by atoms with Crippen LogP contribution < -0.4 is 10.2 Å². The number of rotatable bonds is 4. The smallest absolute Gasteiger partial charge is 0.229 e. The van der Waals surface area contributed by atoms with Crippen molar-refractivity contribution in [3.63, 3.8) is 0 Å². The standard InChI is InChI=1S/C20H25N7O/c1-2-4-17(5-3-1)27-19-18(24-25-27)14-21-20(23-19)22-15-6-8-16(9-7-15)26-10-12-28-13-11-26/h6-9,14,17H,1-5,10-13H2,(H,21,22,23). The molecule has 0 radical (unpaired) electrons. The van der Waals surface area contributed by atoms with Gasteiger partial charge in [0.05, 0.1) is 25.5 Å². The molecule has 1 saturated carbocycles. The average molecular weight is 379 g/mol. The lowest BCUT2D eigenvalue weighted by atomic mass is 9.96. The van der Waals surface area contributed by atoms with Crippen LogP contribution in [0.2, 0.25) is 0 Å². The first-order chi connectivity index (χ1) is 13.9. The highest BCUT2D eigenvalue weighted by molar-refractivity contribution is 5.71. The minimum atomic E-state index is 0.398. The van der Waals surface area contributed by atoms with Crippen molar-refractivity contribution >= 4 is 28.5 Å².